The minimum absolute atomic E-state index is 0.0152. The van der Waals surface area contributed by atoms with E-state index in [1.165, 1.54) is 6.26 Å². The number of fused-ring (bicyclic) bond motifs is 1. The van der Waals surface area contributed by atoms with Gasteiger partial charge in [-0.1, -0.05) is 6.07 Å². The van der Waals surface area contributed by atoms with E-state index in [-0.39, 0.29) is 10.4 Å². The van der Waals surface area contributed by atoms with Crippen LogP contribution in [0.25, 0.3) is 11.0 Å². The number of H-pyrrole nitrogens is 1. The van der Waals surface area contributed by atoms with Gasteiger partial charge >= 0.3 is 0 Å². The molecule has 2 rings (SSSR count). The van der Waals surface area contributed by atoms with E-state index in [1.807, 2.05) is 6.07 Å². The third-order valence-electron chi connectivity index (χ3n) is 2.71. The Morgan fingerprint density at radius 3 is 2.58 bits per heavy atom. The lowest BCUT2D eigenvalue weighted by molar-refractivity contribution is 0.419. The van der Waals surface area contributed by atoms with Crippen LogP contribution in [0.3, 0.4) is 0 Å². The topological polar surface area (TPSA) is 74.8 Å². The molecule has 0 bridgehead atoms. The van der Waals surface area contributed by atoms with Crippen molar-refractivity contribution in [2.24, 2.45) is 0 Å². The van der Waals surface area contributed by atoms with Crippen LogP contribution in [0, 0.1) is 0 Å². The molecule has 0 saturated carbocycles. The number of hydrogen-bond acceptors (Lipinski definition) is 4. The highest BCUT2D eigenvalue weighted by molar-refractivity contribution is 7.91. The molecule has 0 fully saturated rings. The molecule has 19 heavy (non-hydrogen) atoms. The predicted octanol–water partition coefficient (Wildman–Crippen LogP) is 1.85. The molecule has 0 aliphatic carbocycles. The van der Waals surface area contributed by atoms with Gasteiger partial charge in [-0.05, 0) is 32.9 Å². The van der Waals surface area contributed by atoms with Crippen molar-refractivity contribution in [2.45, 2.75) is 37.8 Å². The van der Waals surface area contributed by atoms with Gasteiger partial charge in [-0.3, -0.25) is 0 Å². The highest BCUT2D eigenvalue weighted by Crippen LogP contribution is 2.21. The van der Waals surface area contributed by atoms with Crippen molar-refractivity contribution in [2.75, 3.05) is 6.26 Å². The Balaban J connectivity index is 2.41. The molecule has 0 amide bonds. The summed E-state index contributed by atoms with van der Waals surface area (Å²) in [6.07, 6.45) is 1.20. The molecule has 2 N–H and O–H groups in total. The molecule has 0 spiro atoms. The lowest BCUT2D eigenvalue weighted by Gasteiger charge is -2.19. The van der Waals surface area contributed by atoms with Crippen LogP contribution in [0.5, 0.6) is 0 Å². The van der Waals surface area contributed by atoms with Gasteiger partial charge in [0.15, 0.2) is 9.84 Å². The number of rotatable bonds is 3. The first-order valence-electron chi connectivity index (χ1n) is 6.09. The highest BCUT2D eigenvalue weighted by Gasteiger charge is 2.16. The molecule has 0 atom stereocenters. The highest BCUT2D eigenvalue weighted by atomic mass is 32.2. The number of hydrogen-bond donors (Lipinski definition) is 2. The van der Waals surface area contributed by atoms with E-state index in [0.29, 0.717) is 12.1 Å². The number of aromatic amines is 1. The number of imidazole rings is 1. The second kappa shape index (κ2) is 4.61. The summed E-state index contributed by atoms with van der Waals surface area (Å²) >= 11 is 0. The van der Waals surface area contributed by atoms with E-state index < -0.39 is 9.84 Å². The molecular weight excluding hydrogens is 262 g/mol. The van der Waals surface area contributed by atoms with Crippen molar-refractivity contribution in [1.82, 2.24) is 15.3 Å². The van der Waals surface area contributed by atoms with Crippen LogP contribution in [-0.4, -0.2) is 30.2 Å². The molecule has 0 saturated heterocycles. The summed E-state index contributed by atoms with van der Waals surface area (Å²) in [5.74, 6) is 0.737. The van der Waals surface area contributed by atoms with Crippen LogP contribution in [-0.2, 0) is 16.4 Å². The molecule has 0 unspecified atom stereocenters. The third kappa shape index (κ3) is 3.33. The molecule has 0 radical (unpaired) electrons. The van der Waals surface area contributed by atoms with Crippen LogP contribution in [0.1, 0.15) is 26.6 Å². The van der Waals surface area contributed by atoms with E-state index in [2.05, 4.69) is 36.1 Å². The molecule has 0 aliphatic heterocycles. The summed E-state index contributed by atoms with van der Waals surface area (Å²) in [5.41, 5.74) is 1.24. The average molecular weight is 281 g/mol. The minimum Gasteiger partial charge on any atom is -0.341 e. The fraction of sp³-hybridized carbons (Fsp3) is 0.462. The lowest BCUT2D eigenvalue weighted by Crippen LogP contribution is -2.35. The monoisotopic (exact) mass is 281 g/mol. The van der Waals surface area contributed by atoms with Crippen molar-refractivity contribution in [3.05, 3.63) is 24.0 Å². The van der Waals surface area contributed by atoms with Gasteiger partial charge in [0.25, 0.3) is 0 Å². The standard InChI is InChI=1S/C13H19N3O2S/c1-13(2,3)14-8-11-15-9-6-5-7-10(12(9)16-11)19(4,17)18/h5-7,14H,8H2,1-4H3,(H,15,16). The Labute approximate surface area is 113 Å². The molecule has 1 aromatic heterocycles. The maximum absolute atomic E-state index is 11.7. The van der Waals surface area contributed by atoms with Crippen LogP contribution in [0.4, 0.5) is 0 Å². The number of nitrogens with one attached hydrogen (secondary N) is 2. The zero-order chi connectivity index (χ0) is 14.3. The number of nitrogens with zero attached hydrogens (tertiary/aromatic N) is 1. The Morgan fingerprint density at radius 1 is 1.32 bits per heavy atom. The maximum Gasteiger partial charge on any atom is 0.177 e. The first-order valence-corrected chi connectivity index (χ1v) is 7.99. The van der Waals surface area contributed by atoms with Crippen molar-refractivity contribution in [3.8, 4) is 0 Å². The van der Waals surface area contributed by atoms with Gasteiger partial charge in [0.05, 0.1) is 17.0 Å². The van der Waals surface area contributed by atoms with Gasteiger partial charge < -0.3 is 10.3 Å². The Morgan fingerprint density at radius 2 is 2.00 bits per heavy atom. The molecule has 6 heteroatoms. The fourth-order valence-corrected chi connectivity index (χ4v) is 2.62. The van der Waals surface area contributed by atoms with E-state index in [0.717, 1.165) is 11.3 Å². The van der Waals surface area contributed by atoms with Gasteiger partial charge in [-0.15, -0.1) is 0 Å². The molecule has 1 heterocycles. The zero-order valence-corrected chi connectivity index (χ0v) is 12.4. The number of benzene rings is 1. The van der Waals surface area contributed by atoms with Gasteiger partial charge in [0, 0.05) is 11.8 Å². The van der Waals surface area contributed by atoms with E-state index in [9.17, 15) is 8.42 Å². The van der Waals surface area contributed by atoms with Crippen molar-refractivity contribution in [1.29, 1.82) is 0 Å². The van der Waals surface area contributed by atoms with Gasteiger partial charge in [-0.25, -0.2) is 13.4 Å². The normalized spacial score (nSPS) is 13.1. The van der Waals surface area contributed by atoms with E-state index in [1.54, 1.807) is 12.1 Å². The van der Waals surface area contributed by atoms with Crippen molar-refractivity contribution in [3.63, 3.8) is 0 Å². The smallest absolute Gasteiger partial charge is 0.177 e. The summed E-state index contributed by atoms with van der Waals surface area (Å²) < 4.78 is 23.4. The maximum atomic E-state index is 11.7. The Kier molecular flexibility index (Phi) is 3.40. The largest absolute Gasteiger partial charge is 0.341 e. The first kappa shape index (κ1) is 14.0. The van der Waals surface area contributed by atoms with Gasteiger partial charge in [-0.2, -0.15) is 0 Å². The second-order valence-electron chi connectivity index (χ2n) is 5.71. The van der Waals surface area contributed by atoms with Crippen LogP contribution in [0.15, 0.2) is 23.1 Å². The molecule has 2 aromatic rings. The quantitative estimate of drug-likeness (QED) is 0.900. The summed E-state index contributed by atoms with van der Waals surface area (Å²) in [6.45, 7) is 6.77. The predicted molar refractivity (Wildman–Crippen MR) is 75.8 cm³/mol. The third-order valence-corrected chi connectivity index (χ3v) is 3.84. The molecule has 1 aromatic carbocycles. The van der Waals surface area contributed by atoms with Gasteiger partial charge in [0.1, 0.15) is 11.3 Å². The van der Waals surface area contributed by atoms with Crippen molar-refractivity contribution >= 4 is 20.9 Å². The minimum atomic E-state index is -3.26. The number of para-hydroxylation sites is 1. The molecule has 5 nitrogen and oxygen atoms in total. The number of aromatic nitrogens is 2. The molecule has 104 valence electrons. The summed E-state index contributed by atoms with van der Waals surface area (Å²) in [6, 6.07) is 5.13. The summed E-state index contributed by atoms with van der Waals surface area (Å²) in [7, 11) is -3.26. The Bertz CT molecular complexity index is 696. The van der Waals surface area contributed by atoms with Gasteiger partial charge in [0.2, 0.25) is 0 Å². The van der Waals surface area contributed by atoms with Crippen molar-refractivity contribution < 1.29 is 8.42 Å². The summed E-state index contributed by atoms with van der Waals surface area (Å²) in [4.78, 5) is 7.79. The first-order chi connectivity index (χ1) is 8.67. The van der Waals surface area contributed by atoms with E-state index in [4.69, 9.17) is 0 Å². The average Bonchev–Trinajstić information content (AvgIpc) is 2.66. The zero-order valence-electron chi connectivity index (χ0n) is 11.6. The Hall–Kier alpha value is -1.40. The van der Waals surface area contributed by atoms with Crippen LogP contribution >= 0.6 is 0 Å². The second-order valence-corrected chi connectivity index (χ2v) is 7.70. The molecule has 0 aliphatic rings. The molecular formula is C13H19N3O2S. The lowest BCUT2D eigenvalue weighted by atomic mass is 10.1. The SMILES string of the molecule is CC(C)(C)NCc1nc2c(S(C)(=O)=O)cccc2[nH]1. The number of sulfone groups is 1. The summed E-state index contributed by atoms with van der Waals surface area (Å²) in [5, 5.41) is 3.31. The fourth-order valence-electron chi connectivity index (χ4n) is 1.79. The van der Waals surface area contributed by atoms with Crippen LogP contribution in [0.2, 0.25) is 0 Å². The van der Waals surface area contributed by atoms with E-state index >= 15 is 0 Å². The van der Waals surface area contributed by atoms with Crippen LogP contribution < -0.4 is 5.32 Å².